The predicted molar refractivity (Wildman–Crippen MR) is 190 cm³/mol. The molecule has 0 N–H and O–H groups in total. The van der Waals surface area contributed by atoms with Gasteiger partial charge in [0.1, 0.15) is 13.1 Å². The summed E-state index contributed by atoms with van der Waals surface area (Å²) in [6, 6.07) is 35.4. The van der Waals surface area contributed by atoms with Gasteiger partial charge in [-0.3, -0.25) is 0 Å². The van der Waals surface area contributed by atoms with E-state index >= 15 is 0 Å². The number of fused-ring (bicyclic) bond motifs is 2. The number of hydrogen-bond donors (Lipinski definition) is 0. The first-order valence-electron chi connectivity index (χ1n) is 16.1. The second-order valence-corrected chi connectivity index (χ2v) is 13.2. The summed E-state index contributed by atoms with van der Waals surface area (Å²) in [5.74, 6) is 0. The van der Waals surface area contributed by atoms with Crippen molar-refractivity contribution < 1.29 is 9.15 Å². The second kappa shape index (κ2) is 12.6. The number of nitrogens with zero attached hydrogens (tertiary/aromatic N) is 4. The lowest BCUT2D eigenvalue weighted by atomic mass is 9.81. The van der Waals surface area contributed by atoms with E-state index in [4.69, 9.17) is 6.57 Å². The monoisotopic (exact) mass is 600 g/mol. The lowest BCUT2D eigenvalue weighted by Crippen LogP contribution is -2.28. The molecule has 6 rings (SSSR count). The van der Waals surface area contributed by atoms with Crippen molar-refractivity contribution in [1.82, 2.24) is 0 Å². The van der Waals surface area contributed by atoms with Crippen LogP contribution in [0.25, 0.3) is 17.0 Å². The Morgan fingerprint density at radius 1 is 0.630 bits per heavy atom. The molecule has 46 heavy (non-hydrogen) atoms. The van der Waals surface area contributed by atoms with E-state index in [2.05, 4.69) is 121 Å². The van der Waals surface area contributed by atoms with Crippen LogP contribution in [0.5, 0.6) is 0 Å². The van der Waals surface area contributed by atoms with Gasteiger partial charge in [0, 0.05) is 48.3 Å². The van der Waals surface area contributed by atoms with Gasteiger partial charge in [0.15, 0.2) is 17.1 Å². The molecule has 0 bridgehead atoms. The molecule has 4 aromatic rings. The summed E-state index contributed by atoms with van der Waals surface area (Å²) >= 11 is 0. The standard InChI is InChI=1S/C42H40N4/c1-41(2)35-12-6-8-14-37(35)45(39(41)26-22-31-16-18-33(30-43)19-17-31)28-10-11-29-46-38-15-9-7-13-36(38)42(3,4)40(46)27-23-32-20-24-34(44-5)25-21-32/h6-9,12-27H,10-11,28-29H2,1-4H3/q+2/b26-22+,27-23+. The van der Waals surface area contributed by atoms with Gasteiger partial charge >= 0.3 is 0 Å². The molecule has 0 saturated heterocycles. The Morgan fingerprint density at radius 2 is 1.07 bits per heavy atom. The number of benzene rings is 4. The van der Waals surface area contributed by atoms with Gasteiger partial charge < -0.3 is 0 Å². The van der Waals surface area contributed by atoms with Crippen molar-refractivity contribution in [3.8, 4) is 6.07 Å². The Morgan fingerprint density at radius 3 is 1.50 bits per heavy atom. The van der Waals surface area contributed by atoms with Crippen molar-refractivity contribution in [1.29, 1.82) is 5.26 Å². The summed E-state index contributed by atoms with van der Waals surface area (Å²) < 4.78 is 5.02. The Labute approximate surface area is 273 Å². The molecule has 0 atom stereocenters. The molecule has 0 fully saturated rings. The van der Waals surface area contributed by atoms with E-state index < -0.39 is 0 Å². The first-order valence-corrected chi connectivity index (χ1v) is 16.1. The van der Waals surface area contributed by atoms with Gasteiger partial charge in [-0.2, -0.15) is 14.4 Å². The molecule has 0 radical (unpaired) electrons. The summed E-state index contributed by atoms with van der Waals surface area (Å²) in [6.45, 7) is 18.4. The molecular weight excluding hydrogens is 560 g/mol. The van der Waals surface area contributed by atoms with Crippen LogP contribution in [-0.4, -0.2) is 33.7 Å². The Bertz CT molecular complexity index is 1840. The summed E-state index contributed by atoms with van der Waals surface area (Å²) in [6.07, 6.45) is 11.0. The second-order valence-electron chi connectivity index (χ2n) is 13.2. The van der Waals surface area contributed by atoms with Crippen LogP contribution in [0.2, 0.25) is 0 Å². The average Bonchev–Trinajstić information content (AvgIpc) is 3.43. The summed E-state index contributed by atoms with van der Waals surface area (Å²) in [7, 11) is 0. The van der Waals surface area contributed by atoms with E-state index in [1.54, 1.807) is 0 Å². The summed E-state index contributed by atoms with van der Waals surface area (Å²) in [4.78, 5) is 3.53. The van der Waals surface area contributed by atoms with Gasteiger partial charge in [-0.05, 0) is 63.1 Å². The van der Waals surface area contributed by atoms with Gasteiger partial charge in [0.25, 0.3) is 0 Å². The molecule has 0 unspecified atom stereocenters. The Kier molecular flexibility index (Phi) is 8.40. The molecule has 2 aliphatic heterocycles. The van der Waals surface area contributed by atoms with Gasteiger partial charge in [0.05, 0.1) is 29.0 Å². The SMILES string of the molecule is [C-]#[N+]c1ccc(/C=C/C2=[N+](CCCC[N+]3=C(/C=C/c4ccc(C#N)cc4)C(C)(C)c4ccccc43)c3ccccc3C2(C)C)cc1. The fraction of sp³-hybridized carbons (Fsp3) is 0.238. The highest BCUT2D eigenvalue weighted by Gasteiger charge is 2.45. The lowest BCUT2D eigenvalue weighted by molar-refractivity contribution is -0.451. The molecule has 2 aliphatic rings. The van der Waals surface area contributed by atoms with Crippen LogP contribution in [0.15, 0.2) is 109 Å². The van der Waals surface area contributed by atoms with Crippen molar-refractivity contribution in [2.75, 3.05) is 13.1 Å². The fourth-order valence-corrected chi connectivity index (χ4v) is 6.98. The van der Waals surface area contributed by atoms with Crippen molar-refractivity contribution in [3.05, 3.63) is 148 Å². The molecule has 0 aliphatic carbocycles. The summed E-state index contributed by atoms with van der Waals surface area (Å²) in [5.41, 5.74) is 11.2. The molecule has 4 heteroatoms. The van der Waals surface area contributed by atoms with E-state index in [0.717, 1.165) is 37.1 Å². The van der Waals surface area contributed by atoms with E-state index in [1.807, 2.05) is 48.5 Å². The molecule has 4 nitrogen and oxygen atoms in total. The Balaban J connectivity index is 1.26. The highest BCUT2D eigenvalue weighted by molar-refractivity contribution is 6.06. The van der Waals surface area contributed by atoms with Crippen LogP contribution in [0, 0.1) is 17.9 Å². The van der Waals surface area contributed by atoms with Crippen LogP contribution < -0.4 is 0 Å². The quantitative estimate of drug-likeness (QED) is 0.107. The zero-order valence-electron chi connectivity index (χ0n) is 27.2. The average molecular weight is 601 g/mol. The van der Waals surface area contributed by atoms with Crippen LogP contribution in [-0.2, 0) is 10.8 Å². The van der Waals surface area contributed by atoms with Gasteiger partial charge in [-0.1, -0.05) is 72.8 Å². The minimum Gasteiger partial charge on any atom is -0.238 e. The number of hydrogen-bond acceptors (Lipinski definition) is 1. The van der Waals surface area contributed by atoms with Crippen molar-refractivity contribution in [2.45, 2.75) is 51.4 Å². The molecule has 4 aromatic carbocycles. The molecule has 0 saturated carbocycles. The highest BCUT2D eigenvalue weighted by atomic mass is 15.1. The molecule has 2 heterocycles. The molecular formula is C42H40N4+2. The van der Waals surface area contributed by atoms with Crippen molar-refractivity contribution in [3.63, 3.8) is 0 Å². The van der Waals surface area contributed by atoms with Crippen molar-refractivity contribution in [2.24, 2.45) is 0 Å². The minimum atomic E-state index is -0.115. The molecule has 0 spiro atoms. The minimum absolute atomic E-state index is 0.112. The third kappa shape index (κ3) is 5.76. The largest absolute Gasteiger partial charge is 0.238 e. The maximum absolute atomic E-state index is 9.19. The lowest BCUT2D eigenvalue weighted by Gasteiger charge is -2.15. The maximum atomic E-state index is 9.19. The zero-order chi connectivity index (χ0) is 32.3. The van der Waals surface area contributed by atoms with Gasteiger partial charge in [-0.25, -0.2) is 4.85 Å². The van der Waals surface area contributed by atoms with Crippen LogP contribution in [0.3, 0.4) is 0 Å². The number of nitriles is 1. The normalized spacial score (nSPS) is 16.1. The molecule has 226 valence electrons. The number of unbranched alkanes of at least 4 members (excludes halogenated alkanes) is 1. The van der Waals surface area contributed by atoms with Crippen LogP contribution in [0.4, 0.5) is 17.1 Å². The Hall–Kier alpha value is -5.32. The predicted octanol–water partition coefficient (Wildman–Crippen LogP) is 9.77. The first-order chi connectivity index (χ1) is 22.2. The van der Waals surface area contributed by atoms with Gasteiger partial charge in [0.2, 0.25) is 11.4 Å². The topological polar surface area (TPSA) is 34.2 Å². The van der Waals surface area contributed by atoms with Crippen molar-refractivity contribution >= 4 is 40.6 Å². The van der Waals surface area contributed by atoms with E-state index in [-0.39, 0.29) is 10.8 Å². The molecule has 0 aromatic heterocycles. The highest BCUT2D eigenvalue weighted by Crippen LogP contribution is 2.41. The third-order valence-corrected chi connectivity index (χ3v) is 9.54. The zero-order valence-corrected chi connectivity index (χ0v) is 27.2. The smallest absolute Gasteiger partial charge is 0.209 e. The van der Waals surface area contributed by atoms with E-state index in [9.17, 15) is 5.26 Å². The number of para-hydroxylation sites is 2. The van der Waals surface area contributed by atoms with E-state index in [0.29, 0.717) is 11.3 Å². The van der Waals surface area contributed by atoms with Gasteiger partial charge in [-0.15, -0.1) is 0 Å². The number of allylic oxidation sites excluding steroid dienone is 2. The van der Waals surface area contributed by atoms with E-state index in [1.165, 1.54) is 33.9 Å². The third-order valence-electron chi connectivity index (χ3n) is 9.54. The maximum Gasteiger partial charge on any atom is 0.209 e. The molecule has 0 amide bonds. The summed E-state index contributed by atoms with van der Waals surface area (Å²) in [5, 5.41) is 9.19. The van der Waals surface area contributed by atoms with Crippen LogP contribution in [0.1, 0.15) is 68.4 Å². The number of rotatable bonds is 9. The van der Waals surface area contributed by atoms with Crippen LogP contribution >= 0.6 is 0 Å². The fourth-order valence-electron chi connectivity index (χ4n) is 6.98. The first kappa shape index (κ1) is 30.7.